The van der Waals surface area contributed by atoms with Crippen LogP contribution in [0.2, 0.25) is 0 Å². The van der Waals surface area contributed by atoms with E-state index in [1.165, 1.54) is 47.7 Å². The largest absolute Gasteiger partial charge is 0.489 e. The van der Waals surface area contributed by atoms with Crippen LogP contribution in [-0.4, -0.2) is 36.9 Å². The molecular formula is C44H66O6. The number of carbonyl (C=O) groups is 3. The van der Waals surface area contributed by atoms with Gasteiger partial charge in [0.25, 0.3) is 0 Å². The molecule has 50 heavy (non-hydrogen) atoms. The van der Waals surface area contributed by atoms with E-state index in [1.54, 1.807) is 13.8 Å². The Morgan fingerprint density at radius 1 is 0.600 bits per heavy atom. The SMILES string of the molecule is COC1=C(OC)C(=O)C(C/C=C(\C)CC/C=C(\C)CC/C=C(\C)CC/C=C(\C)CC/C=C(\C)CC/C=C(\C)CCCC(C)C(=O)O)=C(C)C1=O. The van der Waals surface area contributed by atoms with Crippen molar-refractivity contribution in [3.8, 4) is 0 Å². The normalized spacial score (nSPS) is 16.4. The van der Waals surface area contributed by atoms with Crippen LogP contribution in [0.3, 0.4) is 0 Å². The van der Waals surface area contributed by atoms with Gasteiger partial charge < -0.3 is 14.6 Å². The van der Waals surface area contributed by atoms with E-state index in [1.807, 2.05) is 6.08 Å². The molecule has 0 heterocycles. The third-order valence-electron chi connectivity index (χ3n) is 9.54. The number of methoxy groups -OCH3 is 2. The quantitative estimate of drug-likeness (QED) is 0.0801. The highest BCUT2D eigenvalue weighted by molar-refractivity contribution is 6.23. The van der Waals surface area contributed by atoms with E-state index in [-0.39, 0.29) is 29.0 Å². The average Bonchev–Trinajstić information content (AvgIpc) is 3.06. The summed E-state index contributed by atoms with van der Waals surface area (Å²) >= 11 is 0. The number of aliphatic carboxylic acids is 1. The zero-order valence-electron chi connectivity index (χ0n) is 32.9. The molecule has 0 saturated carbocycles. The first-order valence-corrected chi connectivity index (χ1v) is 18.5. The van der Waals surface area contributed by atoms with Crippen LogP contribution in [-0.2, 0) is 23.9 Å². The van der Waals surface area contributed by atoms with Gasteiger partial charge in [-0.25, -0.2) is 0 Å². The van der Waals surface area contributed by atoms with Gasteiger partial charge in [0, 0.05) is 11.1 Å². The van der Waals surface area contributed by atoms with Crippen molar-refractivity contribution in [2.75, 3.05) is 14.2 Å². The molecule has 0 radical (unpaired) electrons. The second-order valence-electron chi connectivity index (χ2n) is 14.2. The minimum atomic E-state index is -0.700. The number of ketones is 2. The van der Waals surface area contributed by atoms with Crippen molar-refractivity contribution >= 4 is 17.5 Å². The number of rotatable bonds is 24. The molecule has 0 spiro atoms. The molecule has 1 atom stereocenters. The van der Waals surface area contributed by atoms with Gasteiger partial charge in [-0.05, 0) is 138 Å². The molecule has 1 aliphatic rings. The summed E-state index contributed by atoms with van der Waals surface area (Å²) in [5, 5.41) is 9.01. The summed E-state index contributed by atoms with van der Waals surface area (Å²) < 4.78 is 10.3. The minimum absolute atomic E-state index is 0.0144. The number of carboxylic acids is 1. The molecule has 1 N–H and O–H groups in total. The van der Waals surface area contributed by atoms with Gasteiger partial charge in [-0.15, -0.1) is 0 Å². The smallest absolute Gasteiger partial charge is 0.306 e. The number of hydrogen-bond acceptors (Lipinski definition) is 5. The molecule has 1 unspecified atom stereocenters. The zero-order valence-corrected chi connectivity index (χ0v) is 32.9. The summed E-state index contributed by atoms with van der Waals surface area (Å²) in [6.07, 6.45) is 27.3. The van der Waals surface area contributed by atoms with Crippen molar-refractivity contribution in [2.24, 2.45) is 5.92 Å². The minimum Gasteiger partial charge on any atom is -0.489 e. The Balaban J connectivity index is 2.35. The number of ether oxygens (including phenoxy) is 2. The molecule has 0 aliphatic heterocycles. The maximum Gasteiger partial charge on any atom is 0.306 e. The Labute approximate surface area is 303 Å². The summed E-state index contributed by atoms with van der Waals surface area (Å²) in [4.78, 5) is 36.4. The third-order valence-corrected chi connectivity index (χ3v) is 9.54. The summed E-state index contributed by atoms with van der Waals surface area (Å²) in [5.41, 5.74) is 9.19. The maximum atomic E-state index is 12.8. The lowest BCUT2D eigenvalue weighted by Crippen LogP contribution is -2.24. The van der Waals surface area contributed by atoms with Gasteiger partial charge in [0.05, 0.1) is 20.1 Å². The van der Waals surface area contributed by atoms with Crippen LogP contribution in [0.4, 0.5) is 0 Å². The van der Waals surface area contributed by atoms with Crippen LogP contribution in [0.25, 0.3) is 0 Å². The van der Waals surface area contributed by atoms with Gasteiger partial charge in [0.1, 0.15) is 0 Å². The predicted octanol–water partition coefficient (Wildman–Crippen LogP) is 11.8. The molecule has 0 bridgehead atoms. The second kappa shape index (κ2) is 24.5. The average molecular weight is 691 g/mol. The molecule has 0 fully saturated rings. The first kappa shape index (κ1) is 44.4. The van der Waals surface area contributed by atoms with Crippen LogP contribution < -0.4 is 0 Å². The Hall–Kier alpha value is -3.67. The van der Waals surface area contributed by atoms with Crippen molar-refractivity contribution in [1.82, 2.24) is 0 Å². The monoisotopic (exact) mass is 690 g/mol. The fraction of sp³-hybridized carbons (Fsp3) is 0.568. The van der Waals surface area contributed by atoms with Crippen LogP contribution in [0, 0.1) is 5.92 Å². The van der Waals surface area contributed by atoms with Crippen LogP contribution in [0.1, 0.15) is 145 Å². The highest BCUT2D eigenvalue weighted by Gasteiger charge is 2.34. The van der Waals surface area contributed by atoms with Crippen molar-refractivity contribution in [3.05, 3.63) is 92.6 Å². The summed E-state index contributed by atoms with van der Waals surface area (Å²) in [7, 11) is 2.76. The Morgan fingerprint density at radius 3 is 1.30 bits per heavy atom. The van der Waals surface area contributed by atoms with E-state index in [4.69, 9.17) is 14.6 Å². The van der Waals surface area contributed by atoms with Crippen LogP contribution in [0.15, 0.2) is 92.6 Å². The van der Waals surface area contributed by atoms with E-state index >= 15 is 0 Å². The third kappa shape index (κ3) is 17.3. The second-order valence-corrected chi connectivity index (χ2v) is 14.2. The molecule has 0 aromatic heterocycles. The Bertz CT molecular complexity index is 1410. The van der Waals surface area contributed by atoms with E-state index in [0.29, 0.717) is 17.6 Å². The number of carboxylic acid groups (broad SMARTS) is 1. The first-order valence-electron chi connectivity index (χ1n) is 18.5. The number of carbonyl (C=O) groups excluding carboxylic acids is 2. The van der Waals surface area contributed by atoms with Gasteiger partial charge in [0.15, 0.2) is 0 Å². The Kier molecular flexibility index (Phi) is 21.7. The molecule has 0 aromatic rings. The number of allylic oxidation sites excluding steroid dienone is 14. The summed E-state index contributed by atoms with van der Waals surface area (Å²) in [5.74, 6) is -1.56. The lowest BCUT2D eigenvalue weighted by Gasteiger charge is -2.19. The van der Waals surface area contributed by atoms with Crippen molar-refractivity contribution < 1.29 is 29.0 Å². The molecule has 0 saturated heterocycles. The fourth-order valence-corrected chi connectivity index (χ4v) is 5.87. The van der Waals surface area contributed by atoms with Gasteiger partial charge in [0.2, 0.25) is 23.1 Å². The van der Waals surface area contributed by atoms with Crippen molar-refractivity contribution in [3.63, 3.8) is 0 Å². The molecule has 1 aliphatic carbocycles. The van der Waals surface area contributed by atoms with E-state index in [9.17, 15) is 14.4 Å². The number of hydrogen-bond donors (Lipinski definition) is 1. The van der Waals surface area contributed by atoms with Gasteiger partial charge >= 0.3 is 5.97 Å². The highest BCUT2D eigenvalue weighted by atomic mass is 16.5. The molecular weight excluding hydrogens is 624 g/mol. The molecule has 6 heteroatoms. The molecule has 0 amide bonds. The molecule has 6 nitrogen and oxygen atoms in total. The molecule has 1 rings (SSSR count). The van der Waals surface area contributed by atoms with Gasteiger partial charge in [-0.2, -0.15) is 0 Å². The predicted molar refractivity (Wildman–Crippen MR) is 208 cm³/mol. The van der Waals surface area contributed by atoms with Gasteiger partial charge in [-0.3, -0.25) is 14.4 Å². The number of Topliss-reactive ketones (excluding diaryl/α,β-unsaturated/α-hetero) is 2. The van der Waals surface area contributed by atoms with E-state index in [2.05, 4.69) is 71.9 Å². The summed E-state index contributed by atoms with van der Waals surface area (Å²) in [6.45, 7) is 16.6. The Morgan fingerprint density at radius 2 is 0.940 bits per heavy atom. The van der Waals surface area contributed by atoms with Crippen molar-refractivity contribution in [2.45, 2.75) is 145 Å². The van der Waals surface area contributed by atoms with Crippen LogP contribution in [0.5, 0.6) is 0 Å². The molecule has 278 valence electrons. The van der Waals surface area contributed by atoms with Gasteiger partial charge in [-0.1, -0.05) is 76.8 Å². The first-order chi connectivity index (χ1) is 23.7. The van der Waals surface area contributed by atoms with E-state index in [0.717, 1.165) is 83.5 Å². The highest BCUT2D eigenvalue weighted by Crippen LogP contribution is 2.28. The standard InChI is InChI=1S/C44H66O6/c1-31(19-12-20-33(3)23-14-24-35(5)27-16-28-37(7)44(47)48)17-11-18-32(2)21-13-22-34(4)25-15-26-36(6)29-30-39-38(8)40(45)42(49-9)43(50-10)41(39)46/h17,20-21,24-25,29,37H,11-16,18-19,22-23,26-28,30H2,1-10H3,(H,47,48)/b31-17+,32-21+,33-20+,34-25+,35-24+,36-29+. The van der Waals surface area contributed by atoms with Crippen LogP contribution >= 0.6 is 0 Å². The lowest BCUT2D eigenvalue weighted by atomic mass is 9.90. The molecule has 0 aromatic carbocycles. The van der Waals surface area contributed by atoms with E-state index < -0.39 is 5.97 Å². The summed E-state index contributed by atoms with van der Waals surface area (Å²) in [6, 6.07) is 0. The zero-order chi connectivity index (χ0) is 37.6. The topological polar surface area (TPSA) is 89.9 Å². The van der Waals surface area contributed by atoms with Crippen molar-refractivity contribution in [1.29, 1.82) is 0 Å². The fourth-order valence-electron chi connectivity index (χ4n) is 5.87. The maximum absolute atomic E-state index is 12.8. The lowest BCUT2D eigenvalue weighted by molar-refractivity contribution is -0.141.